The van der Waals surface area contributed by atoms with Gasteiger partial charge in [-0.2, -0.15) is 5.10 Å². The van der Waals surface area contributed by atoms with Gasteiger partial charge in [0.25, 0.3) is 0 Å². The average molecular weight is 324 g/mol. The van der Waals surface area contributed by atoms with E-state index in [4.69, 9.17) is 5.73 Å². The van der Waals surface area contributed by atoms with E-state index in [-0.39, 0.29) is 17.9 Å². The zero-order valence-electron chi connectivity index (χ0n) is 13.8. The van der Waals surface area contributed by atoms with E-state index in [1.807, 2.05) is 35.3 Å². The molecule has 1 heterocycles. The Morgan fingerprint density at radius 2 is 2.00 bits per heavy atom. The molecule has 4 rings (SSSR count). The summed E-state index contributed by atoms with van der Waals surface area (Å²) in [4.78, 5) is 12.5. The third-order valence-corrected chi connectivity index (χ3v) is 5.62. The lowest BCUT2D eigenvalue weighted by Gasteiger charge is -2.26. The molecule has 2 saturated carbocycles. The Labute approximate surface area is 142 Å². The normalized spacial score (nSPS) is 28.2. The lowest BCUT2D eigenvalue weighted by molar-refractivity contribution is -0.127. The molecule has 2 aliphatic carbocycles. The highest BCUT2D eigenvalue weighted by Crippen LogP contribution is 2.47. The molecular weight excluding hydrogens is 300 g/mol. The highest BCUT2D eigenvalue weighted by atomic mass is 16.1. The Morgan fingerprint density at radius 3 is 2.75 bits per heavy atom. The van der Waals surface area contributed by atoms with Gasteiger partial charge < -0.3 is 11.1 Å². The van der Waals surface area contributed by atoms with Crippen LogP contribution in [0, 0.1) is 17.8 Å². The van der Waals surface area contributed by atoms with Crippen LogP contribution in [0.25, 0.3) is 0 Å². The van der Waals surface area contributed by atoms with E-state index in [9.17, 15) is 4.79 Å². The molecule has 4 unspecified atom stereocenters. The number of nitrogens with two attached hydrogens (primary N) is 1. The van der Waals surface area contributed by atoms with Gasteiger partial charge in [-0.15, -0.1) is 0 Å². The number of nitrogens with zero attached hydrogens (tertiary/aromatic N) is 2. The number of aromatic nitrogens is 2. The number of amides is 1. The molecule has 0 saturated heterocycles. The summed E-state index contributed by atoms with van der Waals surface area (Å²) >= 11 is 0. The van der Waals surface area contributed by atoms with Gasteiger partial charge >= 0.3 is 0 Å². The van der Waals surface area contributed by atoms with Crippen molar-refractivity contribution in [3.63, 3.8) is 0 Å². The number of fused-ring (bicyclic) bond motifs is 2. The van der Waals surface area contributed by atoms with Crippen molar-refractivity contribution in [2.45, 2.75) is 38.4 Å². The van der Waals surface area contributed by atoms with Gasteiger partial charge in [0.2, 0.25) is 5.91 Å². The molecule has 2 fully saturated rings. The van der Waals surface area contributed by atoms with Crippen LogP contribution in [-0.4, -0.2) is 21.7 Å². The Bertz CT molecular complexity index is 709. The Hall–Kier alpha value is -2.14. The fraction of sp³-hybridized carbons (Fsp3) is 0.474. The van der Waals surface area contributed by atoms with Crippen LogP contribution >= 0.6 is 0 Å². The van der Waals surface area contributed by atoms with Crippen molar-refractivity contribution in [2.24, 2.45) is 23.5 Å². The van der Waals surface area contributed by atoms with Gasteiger partial charge in [-0.1, -0.05) is 30.3 Å². The maximum atomic E-state index is 12.5. The van der Waals surface area contributed by atoms with Crippen molar-refractivity contribution >= 4 is 5.91 Å². The molecule has 4 atom stereocenters. The first-order chi connectivity index (χ1) is 11.7. The van der Waals surface area contributed by atoms with E-state index in [1.165, 1.54) is 12.0 Å². The van der Waals surface area contributed by atoms with Crippen molar-refractivity contribution in [1.29, 1.82) is 0 Å². The number of rotatable bonds is 5. The van der Waals surface area contributed by atoms with Gasteiger partial charge in [0.15, 0.2) is 0 Å². The lowest BCUT2D eigenvalue weighted by Crippen LogP contribution is -2.45. The lowest BCUT2D eigenvalue weighted by atomic mass is 9.84. The number of hydrogen-bond donors (Lipinski definition) is 2. The molecule has 1 aromatic carbocycles. The summed E-state index contributed by atoms with van der Waals surface area (Å²) in [6, 6.07) is 10.3. The largest absolute Gasteiger partial charge is 0.352 e. The molecule has 2 aromatic rings. The second-order valence-electron chi connectivity index (χ2n) is 7.19. The van der Waals surface area contributed by atoms with Crippen LogP contribution < -0.4 is 11.1 Å². The summed E-state index contributed by atoms with van der Waals surface area (Å²) in [5.41, 5.74) is 8.48. The van der Waals surface area contributed by atoms with Gasteiger partial charge in [0.05, 0.1) is 18.7 Å². The minimum atomic E-state index is 0.00288. The highest BCUT2D eigenvalue weighted by Gasteiger charge is 2.48. The van der Waals surface area contributed by atoms with Gasteiger partial charge in [0.1, 0.15) is 0 Å². The third kappa shape index (κ3) is 2.96. The minimum Gasteiger partial charge on any atom is -0.352 e. The Morgan fingerprint density at radius 1 is 1.21 bits per heavy atom. The maximum Gasteiger partial charge on any atom is 0.225 e. The number of benzene rings is 1. The number of carbonyl (C=O) groups is 1. The zero-order chi connectivity index (χ0) is 16.5. The third-order valence-electron chi connectivity index (χ3n) is 5.62. The van der Waals surface area contributed by atoms with Gasteiger partial charge in [-0.05, 0) is 36.7 Å². The first kappa shape index (κ1) is 15.4. The molecule has 3 N–H and O–H groups in total. The van der Waals surface area contributed by atoms with E-state index in [1.54, 1.807) is 0 Å². The highest BCUT2D eigenvalue weighted by molar-refractivity contribution is 5.80. The molecule has 0 spiro atoms. The minimum absolute atomic E-state index is 0.00288. The standard InChI is InChI=1S/C19H24N4O/c20-18-16-7-6-15(8-16)17(18)19(24)21-9-14-10-22-23(12-14)11-13-4-2-1-3-5-13/h1-5,10,12,15-18H,6-9,11,20H2,(H,21,24). The van der Waals surface area contributed by atoms with Gasteiger partial charge in [-0.25, -0.2) is 0 Å². The number of nitrogens with one attached hydrogen (secondary N) is 1. The number of hydrogen-bond acceptors (Lipinski definition) is 3. The van der Waals surface area contributed by atoms with Crippen LogP contribution in [0.5, 0.6) is 0 Å². The van der Waals surface area contributed by atoms with Crippen molar-refractivity contribution in [3.8, 4) is 0 Å². The predicted molar refractivity (Wildman–Crippen MR) is 91.9 cm³/mol. The van der Waals surface area contributed by atoms with Crippen LogP contribution in [0.1, 0.15) is 30.4 Å². The molecule has 5 nitrogen and oxygen atoms in total. The molecule has 1 amide bonds. The Balaban J connectivity index is 1.32. The molecule has 2 aliphatic rings. The summed E-state index contributed by atoms with van der Waals surface area (Å²) in [7, 11) is 0. The zero-order valence-corrected chi connectivity index (χ0v) is 13.8. The topological polar surface area (TPSA) is 72.9 Å². The second kappa shape index (κ2) is 6.40. The van der Waals surface area contributed by atoms with Crippen LogP contribution in [-0.2, 0) is 17.9 Å². The predicted octanol–water partition coefficient (Wildman–Crippen LogP) is 1.92. The first-order valence-corrected chi connectivity index (χ1v) is 8.79. The summed E-state index contributed by atoms with van der Waals surface area (Å²) < 4.78 is 1.90. The van der Waals surface area contributed by atoms with Crippen LogP contribution in [0.3, 0.4) is 0 Å². The van der Waals surface area contributed by atoms with Crippen molar-refractivity contribution in [3.05, 3.63) is 53.9 Å². The second-order valence-corrected chi connectivity index (χ2v) is 7.19. The monoisotopic (exact) mass is 324 g/mol. The van der Waals surface area contributed by atoms with Crippen molar-refractivity contribution in [2.75, 3.05) is 0 Å². The first-order valence-electron chi connectivity index (χ1n) is 8.79. The van der Waals surface area contributed by atoms with Gasteiger partial charge in [0, 0.05) is 24.3 Å². The van der Waals surface area contributed by atoms with E-state index in [0.717, 1.165) is 24.9 Å². The fourth-order valence-electron chi connectivity index (χ4n) is 4.39. The van der Waals surface area contributed by atoms with Crippen molar-refractivity contribution in [1.82, 2.24) is 15.1 Å². The molecule has 1 aromatic heterocycles. The molecule has 24 heavy (non-hydrogen) atoms. The molecule has 0 radical (unpaired) electrons. The van der Waals surface area contributed by atoms with E-state index in [2.05, 4.69) is 22.5 Å². The van der Waals surface area contributed by atoms with Crippen LogP contribution in [0.4, 0.5) is 0 Å². The summed E-state index contributed by atoms with van der Waals surface area (Å²) in [6.45, 7) is 1.26. The molecule has 126 valence electrons. The summed E-state index contributed by atoms with van der Waals surface area (Å²) in [5, 5.41) is 7.44. The van der Waals surface area contributed by atoms with Gasteiger partial charge in [-0.3, -0.25) is 9.48 Å². The fourth-order valence-corrected chi connectivity index (χ4v) is 4.39. The van der Waals surface area contributed by atoms with Crippen LogP contribution in [0.2, 0.25) is 0 Å². The molecule has 2 bridgehead atoms. The maximum absolute atomic E-state index is 12.5. The molecule has 5 heteroatoms. The Kier molecular flexibility index (Phi) is 4.10. The van der Waals surface area contributed by atoms with Crippen LogP contribution in [0.15, 0.2) is 42.7 Å². The quantitative estimate of drug-likeness (QED) is 0.882. The van der Waals surface area contributed by atoms with E-state index in [0.29, 0.717) is 18.4 Å². The molecular formula is C19H24N4O. The van der Waals surface area contributed by atoms with E-state index >= 15 is 0 Å². The average Bonchev–Trinajstić information content (AvgIpc) is 3.30. The van der Waals surface area contributed by atoms with Crippen molar-refractivity contribution < 1.29 is 4.79 Å². The summed E-state index contributed by atoms with van der Waals surface area (Å²) in [6.07, 6.45) is 7.31. The molecule has 0 aliphatic heterocycles. The summed E-state index contributed by atoms with van der Waals surface area (Å²) in [5.74, 6) is 1.17. The van der Waals surface area contributed by atoms with E-state index < -0.39 is 0 Å². The smallest absolute Gasteiger partial charge is 0.225 e. The SMILES string of the molecule is NC1C2CCC(C2)C1C(=O)NCc1cnn(Cc2ccccc2)c1. The number of carbonyl (C=O) groups excluding carboxylic acids is 1.